The molecule has 0 bridgehead atoms. The average molecular weight is 232 g/mol. The molecular formula is C9H11ClFN3O. The molecule has 0 atom stereocenters. The summed E-state index contributed by atoms with van der Waals surface area (Å²) < 4.78 is 12.9. The summed E-state index contributed by atoms with van der Waals surface area (Å²) >= 11 is 5.56. The molecule has 4 N–H and O–H groups in total. The Bertz CT molecular complexity index is 384. The number of amides is 1. The molecule has 0 saturated carbocycles. The second-order valence-corrected chi connectivity index (χ2v) is 3.29. The molecule has 1 aromatic carbocycles. The molecule has 0 unspecified atom stereocenters. The van der Waals surface area contributed by atoms with Gasteiger partial charge in [0, 0.05) is 13.1 Å². The molecule has 1 rings (SSSR count). The van der Waals surface area contributed by atoms with Crippen LogP contribution in [0.15, 0.2) is 12.1 Å². The van der Waals surface area contributed by atoms with Crippen molar-refractivity contribution in [3.63, 3.8) is 0 Å². The van der Waals surface area contributed by atoms with Gasteiger partial charge in [-0.15, -0.1) is 0 Å². The number of benzene rings is 1. The zero-order chi connectivity index (χ0) is 11.4. The van der Waals surface area contributed by atoms with Crippen LogP contribution in [-0.2, 0) is 4.79 Å². The van der Waals surface area contributed by atoms with Gasteiger partial charge in [0.05, 0.1) is 22.9 Å². The molecule has 1 aromatic rings. The smallest absolute Gasteiger partial charge is 0.239 e. The highest BCUT2D eigenvalue weighted by Crippen LogP contribution is 2.25. The van der Waals surface area contributed by atoms with Gasteiger partial charge in [0.1, 0.15) is 5.82 Å². The Kier molecular flexibility index (Phi) is 3.74. The van der Waals surface area contributed by atoms with Crippen molar-refractivity contribution in [2.24, 2.45) is 0 Å². The van der Waals surface area contributed by atoms with Crippen LogP contribution in [0.2, 0.25) is 5.02 Å². The van der Waals surface area contributed by atoms with Gasteiger partial charge in [0.25, 0.3) is 0 Å². The van der Waals surface area contributed by atoms with E-state index in [0.717, 1.165) is 6.07 Å². The lowest BCUT2D eigenvalue weighted by Crippen LogP contribution is -2.26. The number of hydrogen-bond donors (Lipinski definition) is 3. The highest BCUT2D eigenvalue weighted by molar-refractivity contribution is 6.31. The highest BCUT2D eigenvalue weighted by Gasteiger charge is 2.06. The van der Waals surface area contributed by atoms with Crippen molar-refractivity contribution in [2.75, 3.05) is 24.6 Å². The monoisotopic (exact) mass is 231 g/mol. The van der Waals surface area contributed by atoms with Gasteiger partial charge < -0.3 is 16.4 Å². The fourth-order valence-corrected chi connectivity index (χ4v) is 1.14. The number of carbonyl (C=O) groups is 1. The summed E-state index contributed by atoms with van der Waals surface area (Å²) in [5, 5.41) is 5.14. The first-order valence-electron chi connectivity index (χ1n) is 4.23. The molecule has 0 saturated heterocycles. The minimum Gasteiger partial charge on any atom is -0.397 e. The maximum absolute atomic E-state index is 12.9. The number of likely N-dealkylation sites (N-methyl/N-ethyl adjacent to an activating group) is 1. The third-order valence-corrected chi connectivity index (χ3v) is 2.10. The molecule has 0 spiro atoms. The van der Waals surface area contributed by atoms with E-state index in [-0.39, 0.29) is 23.2 Å². The Morgan fingerprint density at radius 1 is 1.60 bits per heavy atom. The van der Waals surface area contributed by atoms with Crippen molar-refractivity contribution < 1.29 is 9.18 Å². The zero-order valence-electron chi connectivity index (χ0n) is 8.10. The molecule has 0 aliphatic carbocycles. The van der Waals surface area contributed by atoms with Crippen molar-refractivity contribution in [1.29, 1.82) is 0 Å². The van der Waals surface area contributed by atoms with Crippen LogP contribution in [0, 0.1) is 5.82 Å². The lowest BCUT2D eigenvalue weighted by atomic mass is 10.2. The van der Waals surface area contributed by atoms with Crippen LogP contribution in [-0.4, -0.2) is 19.5 Å². The van der Waals surface area contributed by atoms with Gasteiger partial charge in [-0.1, -0.05) is 11.6 Å². The summed E-state index contributed by atoms with van der Waals surface area (Å²) in [6.45, 7) is 0.0582. The molecule has 0 aliphatic heterocycles. The largest absolute Gasteiger partial charge is 0.397 e. The summed E-state index contributed by atoms with van der Waals surface area (Å²) in [6.07, 6.45) is 0. The number of anilines is 2. The minimum atomic E-state index is -0.584. The maximum Gasteiger partial charge on any atom is 0.239 e. The fraction of sp³-hybridized carbons (Fsp3) is 0.222. The first-order valence-corrected chi connectivity index (χ1v) is 4.61. The molecule has 6 heteroatoms. The van der Waals surface area contributed by atoms with E-state index >= 15 is 0 Å². The van der Waals surface area contributed by atoms with Crippen LogP contribution in [0.1, 0.15) is 0 Å². The van der Waals surface area contributed by atoms with E-state index in [4.69, 9.17) is 17.3 Å². The van der Waals surface area contributed by atoms with Crippen molar-refractivity contribution in [3.8, 4) is 0 Å². The molecule has 0 aromatic heterocycles. The molecule has 0 heterocycles. The quantitative estimate of drug-likeness (QED) is 0.686. The SMILES string of the molecule is CNC(=O)CNc1cc(Cl)c(F)cc1N. The van der Waals surface area contributed by atoms with E-state index in [0.29, 0.717) is 5.69 Å². The molecule has 0 aliphatic rings. The normalized spacial score (nSPS) is 9.80. The predicted molar refractivity (Wildman–Crippen MR) is 58.4 cm³/mol. The van der Waals surface area contributed by atoms with E-state index in [1.165, 1.54) is 13.1 Å². The maximum atomic E-state index is 12.9. The van der Waals surface area contributed by atoms with Crippen LogP contribution < -0.4 is 16.4 Å². The van der Waals surface area contributed by atoms with Crippen LogP contribution in [0.25, 0.3) is 0 Å². The zero-order valence-corrected chi connectivity index (χ0v) is 8.86. The predicted octanol–water partition coefficient (Wildman–Crippen LogP) is 1.22. The lowest BCUT2D eigenvalue weighted by Gasteiger charge is -2.09. The second kappa shape index (κ2) is 4.84. The van der Waals surface area contributed by atoms with Gasteiger partial charge in [-0.3, -0.25) is 4.79 Å². The Balaban J connectivity index is 2.77. The van der Waals surface area contributed by atoms with Crippen LogP contribution in [0.4, 0.5) is 15.8 Å². The van der Waals surface area contributed by atoms with Crippen molar-refractivity contribution in [1.82, 2.24) is 5.32 Å². The highest BCUT2D eigenvalue weighted by atomic mass is 35.5. The van der Waals surface area contributed by atoms with Gasteiger partial charge in [0.2, 0.25) is 5.91 Å². The Morgan fingerprint density at radius 3 is 2.87 bits per heavy atom. The topological polar surface area (TPSA) is 67.2 Å². The number of halogens is 2. The number of rotatable bonds is 3. The fourth-order valence-electron chi connectivity index (χ4n) is 0.979. The average Bonchev–Trinajstić information content (AvgIpc) is 2.21. The summed E-state index contributed by atoms with van der Waals surface area (Å²) in [5.74, 6) is -0.783. The van der Waals surface area contributed by atoms with E-state index in [1.54, 1.807) is 0 Å². The number of nitrogens with two attached hydrogens (primary N) is 1. The molecule has 1 amide bonds. The Morgan fingerprint density at radius 2 is 2.27 bits per heavy atom. The van der Waals surface area contributed by atoms with Gasteiger partial charge in [-0.2, -0.15) is 0 Å². The molecular weight excluding hydrogens is 221 g/mol. The third-order valence-electron chi connectivity index (χ3n) is 1.81. The Hall–Kier alpha value is -1.49. The van der Waals surface area contributed by atoms with Crippen LogP contribution in [0.5, 0.6) is 0 Å². The van der Waals surface area contributed by atoms with Crippen molar-refractivity contribution in [3.05, 3.63) is 23.0 Å². The molecule has 0 fully saturated rings. The first kappa shape index (κ1) is 11.6. The van der Waals surface area contributed by atoms with Crippen LogP contribution in [0.3, 0.4) is 0 Å². The number of nitrogen functional groups attached to an aromatic ring is 1. The third kappa shape index (κ3) is 2.99. The lowest BCUT2D eigenvalue weighted by molar-refractivity contribution is -0.118. The summed E-state index contributed by atoms with van der Waals surface area (Å²) in [6, 6.07) is 2.45. The number of hydrogen-bond acceptors (Lipinski definition) is 3. The van der Waals surface area contributed by atoms with Gasteiger partial charge in [0.15, 0.2) is 0 Å². The van der Waals surface area contributed by atoms with E-state index in [9.17, 15) is 9.18 Å². The van der Waals surface area contributed by atoms with Gasteiger partial charge in [-0.25, -0.2) is 4.39 Å². The first-order chi connectivity index (χ1) is 7.04. The van der Waals surface area contributed by atoms with E-state index in [2.05, 4.69) is 10.6 Å². The van der Waals surface area contributed by atoms with Gasteiger partial charge in [-0.05, 0) is 6.07 Å². The van der Waals surface area contributed by atoms with E-state index < -0.39 is 5.82 Å². The standard InChI is InChI=1S/C9H11ClFN3O/c1-13-9(15)4-14-8-2-5(10)6(11)3-7(8)12/h2-3,14H,4,12H2,1H3,(H,13,15). The molecule has 82 valence electrons. The molecule has 0 radical (unpaired) electrons. The Labute approximate surface area is 91.6 Å². The second-order valence-electron chi connectivity index (χ2n) is 2.88. The molecule has 4 nitrogen and oxygen atoms in total. The van der Waals surface area contributed by atoms with Crippen molar-refractivity contribution in [2.45, 2.75) is 0 Å². The summed E-state index contributed by atoms with van der Waals surface area (Å²) in [5.41, 5.74) is 6.17. The summed E-state index contributed by atoms with van der Waals surface area (Å²) in [4.78, 5) is 10.9. The summed E-state index contributed by atoms with van der Waals surface area (Å²) in [7, 11) is 1.52. The number of carbonyl (C=O) groups excluding carboxylic acids is 1. The minimum absolute atomic E-state index is 0.0383. The van der Waals surface area contributed by atoms with Gasteiger partial charge >= 0.3 is 0 Å². The molecule has 15 heavy (non-hydrogen) atoms. The van der Waals surface area contributed by atoms with E-state index in [1.807, 2.05) is 0 Å². The van der Waals surface area contributed by atoms with Crippen LogP contribution >= 0.6 is 11.6 Å². The van der Waals surface area contributed by atoms with Crippen molar-refractivity contribution >= 4 is 28.9 Å². The number of nitrogens with one attached hydrogen (secondary N) is 2.